The Balaban J connectivity index is 1.23. The van der Waals surface area contributed by atoms with Crippen LogP contribution >= 0.6 is 11.6 Å². The highest BCUT2D eigenvalue weighted by atomic mass is 35.5. The van der Waals surface area contributed by atoms with E-state index >= 15 is 0 Å². The molecule has 1 N–H and O–H groups in total. The second kappa shape index (κ2) is 10.3. The lowest BCUT2D eigenvalue weighted by molar-refractivity contribution is -0.0384. The van der Waals surface area contributed by atoms with Gasteiger partial charge in [-0.25, -0.2) is 13.8 Å². The number of aromatic nitrogens is 3. The van der Waals surface area contributed by atoms with Crippen LogP contribution in [0.2, 0.25) is 5.02 Å². The SMILES string of the molecule is CN(C)CCO[C@@H]1CO[C@H]2[C@@H]1OC[C@H]2Oc1nc2nc(CCc3c(F)cccc3F)c(Cl)cc2[nH]1. The molecule has 4 heterocycles. The van der Waals surface area contributed by atoms with E-state index in [1.54, 1.807) is 6.07 Å². The van der Waals surface area contributed by atoms with E-state index in [0.29, 0.717) is 41.7 Å². The molecular formula is C24H27ClF2N4O4. The van der Waals surface area contributed by atoms with Crippen molar-refractivity contribution in [1.29, 1.82) is 0 Å². The van der Waals surface area contributed by atoms with Crippen LogP contribution in [-0.4, -0.2) is 84.7 Å². The number of hydrogen-bond donors (Lipinski definition) is 1. The van der Waals surface area contributed by atoms with Gasteiger partial charge in [0, 0.05) is 12.1 Å². The third-order valence-electron chi connectivity index (χ3n) is 6.25. The minimum Gasteiger partial charge on any atom is -0.456 e. The van der Waals surface area contributed by atoms with Gasteiger partial charge >= 0.3 is 0 Å². The van der Waals surface area contributed by atoms with Gasteiger partial charge in [-0.15, -0.1) is 0 Å². The van der Waals surface area contributed by atoms with Crippen molar-refractivity contribution in [2.24, 2.45) is 0 Å². The maximum absolute atomic E-state index is 14.0. The van der Waals surface area contributed by atoms with Crippen molar-refractivity contribution in [3.63, 3.8) is 0 Å². The van der Waals surface area contributed by atoms with E-state index < -0.39 is 11.6 Å². The van der Waals surface area contributed by atoms with Gasteiger partial charge in [-0.1, -0.05) is 17.7 Å². The maximum Gasteiger partial charge on any atom is 0.296 e. The van der Waals surface area contributed by atoms with Crippen LogP contribution in [0.15, 0.2) is 24.3 Å². The van der Waals surface area contributed by atoms with Crippen molar-refractivity contribution in [3.8, 4) is 6.01 Å². The highest BCUT2D eigenvalue weighted by Gasteiger charge is 2.49. The van der Waals surface area contributed by atoms with Crippen LogP contribution < -0.4 is 4.74 Å². The van der Waals surface area contributed by atoms with E-state index in [2.05, 4.69) is 19.9 Å². The molecular weight excluding hydrogens is 482 g/mol. The fraction of sp³-hybridized carbons (Fsp3) is 0.500. The molecule has 2 aromatic heterocycles. The topological polar surface area (TPSA) is 81.7 Å². The first kappa shape index (κ1) is 24.3. The second-order valence-electron chi connectivity index (χ2n) is 8.99. The van der Waals surface area contributed by atoms with Gasteiger partial charge in [-0.05, 0) is 45.1 Å². The summed E-state index contributed by atoms with van der Waals surface area (Å²) >= 11 is 6.38. The molecule has 8 nitrogen and oxygen atoms in total. The van der Waals surface area contributed by atoms with E-state index in [9.17, 15) is 8.78 Å². The molecule has 5 rings (SSSR count). The number of aromatic amines is 1. The van der Waals surface area contributed by atoms with Crippen molar-refractivity contribution >= 4 is 22.8 Å². The van der Waals surface area contributed by atoms with Crippen LogP contribution in [0, 0.1) is 11.6 Å². The number of hydrogen-bond acceptors (Lipinski definition) is 7. The third kappa shape index (κ3) is 5.26. The molecule has 0 unspecified atom stereocenters. The third-order valence-corrected chi connectivity index (χ3v) is 6.57. The van der Waals surface area contributed by atoms with Crippen LogP contribution in [0.3, 0.4) is 0 Å². The van der Waals surface area contributed by atoms with E-state index in [1.165, 1.54) is 18.2 Å². The minimum atomic E-state index is -0.589. The quantitative estimate of drug-likeness (QED) is 0.475. The number of halogens is 3. The Kier molecular flexibility index (Phi) is 7.17. The summed E-state index contributed by atoms with van der Waals surface area (Å²) in [7, 11) is 3.99. The molecule has 0 aliphatic carbocycles. The largest absolute Gasteiger partial charge is 0.456 e. The average Bonchev–Trinajstić information content (AvgIpc) is 3.50. The summed E-state index contributed by atoms with van der Waals surface area (Å²) in [6, 6.07) is 5.76. The van der Waals surface area contributed by atoms with Crippen molar-refractivity contribution < 1.29 is 27.7 Å². The Hall–Kier alpha value is -2.37. The van der Waals surface area contributed by atoms with Gasteiger partial charge in [0.05, 0.1) is 36.1 Å². The zero-order valence-corrected chi connectivity index (χ0v) is 20.2. The molecule has 2 fully saturated rings. The number of aryl methyl sites for hydroxylation is 1. The predicted octanol–water partition coefficient (Wildman–Crippen LogP) is 3.17. The lowest BCUT2D eigenvalue weighted by Gasteiger charge is -2.18. The standard InChI is InChI=1S/C24H27ClF2N4O4/c1-31(2)8-9-32-19-11-33-22-20(12-34-21(19)22)35-24-29-18-10-14(25)17(28-23(18)30-24)7-6-13-15(26)4-3-5-16(13)27/h3-5,10,19-22H,6-9,11-12H2,1-2H3,(H,28,29,30)/t19-,20-,21-,22-/m1/s1. The Bertz CT molecular complexity index is 1170. The van der Waals surface area contributed by atoms with Crippen LogP contribution in [-0.2, 0) is 27.1 Å². The Morgan fingerprint density at radius 3 is 2.54 bits per heavy atom. The van der Waals surface area contributed by atoms with Gasteiger partial charge < -0.3 is 28.8 Å². The molecule has 0 spiro atoms. The van der Waals surface area contributed by atoms with E-state index in [4.69, 9.17) is 30.5 Å². The number of fused-ring (bicyclic) bond motifs is 2. The number of benzene rings is 1. The number of nitrogens with zero attached hydrogens (tertiary/aromatic N) is 3. The highest BCUT2D eigenvalue weighted by Crippen LogP contribution is 2.31. The molecule has 0 saturated carbocycles. The first-order valence-corrected chi connectivity index (χ1v) is 11.9. The van der Waals surface area contributed by atoms with Crippen LogP contribution in [0.1, 0.15) is 11.3 Å². The fourth-order valence-electron chi connectivity index (χ4n) is 4.38. The van der Waals surface area contributed by atoms with E-state index in [-0.39, 0.29) is 48.8 Å². The first-order chi connectivity index (χ1) is 16.9. The number of imidazole rings is 1. The number of ether oxygens (including phenoxy) is 4. The van der Waals surface area contributed by atoms with Crippen molar-refractivity contribution in [1.82, 2.24) is 19.9 Å². The van der Waals surface area contributed by atoms with Gasteiger partial charge in [-0.3, -0.25) is 0 Å². The molecule has 2 aliphatic rings. The van der Waals surface area contributed by atoms with Crippen molar-refractivity contribution in [3.05, 3.63) is 52.2 Å². The molecule has 2 saturated heterocycles. The average molecular weight is 509 g/mol. The highest BCUT2D eigenvalue weighted by molar-refractivity contribution is 6.31. The number of nitrogens with one attached hydrogen (secondary N) is 1. The zero-order valence-electron chi connectivity index (χ0n) is 19.5. The monoisotopic (exact) mass is 508 g/mol. The summed E-state index contributed by atoms with van der Waals surface area (Å²) < 4.78 is 51.7. The lowest BCUT2D eigenvalue weighted by atomic mass is 10.1. The summed E-state index contributed by atoms with van der Waals surface area (Å²) in [4.78, 5) is 14.0. The van der Waals surface area contributed by atoms with Crippen molar-refractivity contribution in [2.75, 3.05) is 40.5 Å². The molecule has 35 heavy (non-hydrogen) atoms. The summed E-state index contributed by atoms with van der Waals surface area (Å²) in [5.41, 5.74) is 1.51. The molecule has 11 heteroatoms. The Morgan fingerprint density at radius 1 is 1.09 bits per heavy atom. The summed E-state index contributed by atoms with van der Waals surface area (Å²) in [5, 5.41) is 0.380. The smallest absolute Gasteiger partial charge is 0.296 e. The van der Waals surface area contributed by atoms with Gasteiger partial charge in [0.25, 0.3) is 6.01 Å². The number of H-pyrrole nitrogens is 1. The summed E-state index contributed by atoms with van der Waals surface area (Å²) in [6.45, 7) is 2.22. The number of likely N-dealkylation sites (N-methyl/N-ethyl adjacent to an activating group) is 1. The Morgan fingerprint density at radius 2 is 1.80 bits per heavy atom. The van der Waals surface area contributed by atoms with E-state index in [0.717, 1.165) is 6.54 Å². The molecule has 3 aromatic rings. The maximum atomic E-state index is 14.0. The normalized spacial score (nSPS) is 23.9. The second-order valence-corrected chi connectivity index (χ2v) is 9.40. The molecule has 0 radical (unpaired) electrons. The summed E-state index contributed by atoms with van der Waals surface area (Å²) in [6.07, 6.45) is -0.533. The lowest BCUT2D eigenvalue weighted by Crippen LogP contribution is -2.36. The van der Waals surface area contributed by atoms with E-state index in [1.807, 2.05) is 14.1 Å². The summed E-state index contributed by atoms with van der Waals surface area (Å²) in [5.74, 6) is -1.18. The van der Waals surface area contributed by atoms with Gasteiger partial charge in [0.15, 0.2) is 11.8 Å². The minimum absolute atomic E-state index is 0.00728. The molecule has 0 amide bonds. The molecule has 188 valence electrons. The van der Waals surface area contributed by atoms with Crippen LogP contribution in [0.25, 0.3) is 11.2 Å². The molecule has 4 atom stereocenters. The van der Waals surface area contributed by atoms with Crippen LogP contribution in [0.4, 0.5) is 8.78 Å². The van der Waals surface area contributed by atoms with Crippen LogP contribution in [0.5, 0.6) is 6.01 Å². The Labute approximate surface area is 206 Å². The zero-order chi connectivity index (χ0) is 24.5. The van der Waals surface area contributed by atoms with Gasteiger partial charge in [0.1, 0.15) is 29.9 Å². The van der Waals surface area contributed by atoms with Gasteiger partial charge in [0.2, 0.25) is 0 Å². The number of rotatable bonds is 9. The fourth-order valence-corrected chi connectivity index (χ4v) is 4.63. The number of pyridine rings is 1. The molecule has 0 bridgehead atoms. The first-order valence-electron chi connectivity index (χ1n) is 11.5. The molecule has 2 aliphatic heterocycles. The van der Waals surface area contributed by atoms with Gasteiger partial charge in [-0.2, -0.15) is 4.98 Å². The predicted molar refractivity (Wildman–Crippen MR) is 125 cm³/mol. The van der Waals surface area contributed by atoms with Crippen molar-refractivity contribution in [2.45, 2.75) is 37.3 Å². The molecule has 1 aromatic carbocycles.